The fourth-order valence-electron chi connectivity index (χ4n) is 1.07. The zero-order chi connectivity index (χ0) is 12.3. The largest absolute Gasteiger partial charge is 0.397 e. The molecular weight excluding hydrogens is 239 g/mol. The van der Waals surface area contributed by atoms with Crippen LogP contribution in [0.1, 0.15) is 11.3 Å². The van der Waals surface area contributed by atoms with Crippen LogP contribution in [0.5, 0.6) is 0 Å². The Kier molecular flexibility index (Phi) is 3.65. The highest BCUT2D eigenvalue weighted by molar-refractivity contribution is 7.17. The van der Waals surface area contributed by atoms with Crippen LogP contribution in [0, 0.1) is 11.3 Å². The Bertz CT molecular complexity index is 405. The van der Waals surface area contributed by atoms with Crippen LogP contribution in [-0.4, -0.2) is 19.8 Å². The van der Waals surface area contributed by atoms with Crippen LogP contribution in [-0.2, 0) is 0 Å². The molecule has 7 heteroatoms. The highest BCUT2D eigenvalue weighted by Crippen LogP contribution is 2.31. The van der Waals surface area contributed by atoms with Gasteiger partial charge in [-0.1, -0.05) is 0 Å². The van der Waals surface area contributed by atoms with Gasteiger partial charge in [0.1, 0.15) is 10.9 Å². The Hall–Kier alpha value is -1.42. The van der Waals surface area contributed by atoms with Gasteiger partial charge >= 0.3 is 6.18 Å². The molecule has 1 heterocycles. The summed E-state index contributed by atoms with van der Waals surface area (Å²) in [5.41, 5.74) is 5.82. The van der Waals surface area contributed by atoms with Gasteiger partial charge in [0.15, 0.2) is 0 Å². The summed E-state index contributed by atoms with van der Waals surface area (Å²) in [4.78, 5) is 1.77. The van der Waals surface area contributed by atoms with Gasteiger partial charge in [-0.3, -0.25) is 0 Å². The Morgan fingerprint density at radius 3 is 2.62 bits per heavy atom. The number of anilines is 2. The smallest absolute Gasteiger partial charge is 0.390 e. The highest BCUT2D eigenvalue weighted by atomic mass is 32.1. The molecule has 3 nitrogen and oxygen atoms in total. The van der Waals surface area contributed by atoms with Gasteiger partial charge in [0, 0.05) is 13.6 Å². The summed E-state index contributed by atoms with van der Waals surface area (Å²) in [7, 11) is 1.54. The molecule has 1 aromatic heterocycles. The van der Waals surface area contributed by atoms with E-state index in [4.69, 9.17) is 11.0 Å². The molecule has 0 aliphatic rings. The molecule has 1 aromatic rings. The molecule has 0 aliphatic heterocycles. The van der Waals surface area contributed by atoms with Crippen molar-refractivity contribution in [3.05, 3.63) is 10.9 Å². The third kappa shape index (κ3) is 3.31. The van der Waals surface area contributed by atoms with E-state index in [2.05, 4.69) is 0 Å². The molecule has 0 fully saturated rings. The number of alkyl halides is 3. The van der Waals surface area contributed by atoms with Gasteiger partial charge in [-0.15, -0.1) is 11.3 Å². The molecule has 0 saturated carbocycles. The molecule has 0 radical (unpaired) electrons. The molecule has 16 heavy (non-hydrogen) atoms. The van der Waals surface area contributed by atoms with E-state index in [0.717, 1.165) is 11.3 Å². The molecule has 88 valence electrons. The fourth-order valence-corrected chi connectivity index (χ4v) is 1.94. The number of halogens is 3. The maximum absolute atomic E-state index is 12.0. The zero-order valence-electron chi connectivity index (χ0n) is 8.51. The average Bonchev–Trinajstić information content (AvgIpc) is 2.55. The topological polar surface area (TPSA) is 53.0 Å². The number of nitrogens with zero attached hydrogens (tertiary/aromatic N) is 2. The van der Waals surface area contributed by atoms with Crippen molar-refractivity contribution in [2.75, 3.05) is 24.2 Å². The van der Waals surface area contributed by atoms with Gasteiger partial charge in [0.2, 0.25) is 0 Å². The SMILES string of the molecule is CN(CCC(F)(F)F)c1cc(N)c(C#N)s1. The molecule has 1 rings (SSSR count). The maximum Gasteiger partial charge on any atom is 0.390 e. The second-order valence-electron chi connectivity index (χ2n) is 3.27. The summed E-state index contributed by atoms with van der Waals surface area (Å²) in [6.07, 6.45) is -5.06. The number of nitrogens with two attached hydrogens (primary N) is 1. The molecule has 0 saturated heterocycles. The monoisotopic (exact) mass is 249 g/mol. The Morgan fingerprint density at radius 2 is 2.19 bits per heavy atom. The predicted molar refractivity (Wildman–Crippen MR) is 57.4 cm³/mol. The summed E-state index contributed by atoms with van der Waals surface area (Å²) in [5, 5.41) is 9.22. The summed E-state index contributed by atoms with van der Waals surface area (Å²) in [6.45, 7) is -0.145. The van der Waals surface area contributed by atoms with E-state index in [1.54, 1.807) is 0 Å². The molecule has 0 aromatic carbocycles. The first-order valence-corrected chi connectivity index (χ1v) is 5.22. The zero-order valence-corrected chi connectivity index (χ0v) is 9.32. The minimum Gasteiger partial charge on any atom is -0.397 e. The molecule has 0 spiro atoms. The summed E-state index contributed by atoms with van der Waals surface area (Å²) in [5.74, 6) is 0. The molecular formula is C9H10F3N3S. The lowest BCUT2D eigenvalue weighted by atomic mass is 10.3. The fraction of sp³-hybridized carbons (Fsp3) is 0.444. The summed E-state index contributed by atoms with van der Waals surface area (Å²) < 4.78 is 35.9. The van der Waals surface area contributed by atoms with Gasteiger partial charge < -0.3 is 10.6 Å². The first-order valence-electron chi connectivity index (χ1n) is 4.41. The van der Waals surface area contributed by atoms with Gasteiger partial charge in [-0.25, -0.2) is 0 Å². The van der Waals surface area contributed by atoms with Crippen molar-refractivity contribution in [3.63, 3.8) is 0 Å². The maximum atomic E-state index is 12.0. The van der Waals surface area contributed by atoms with Crippen molar-refractivity contribution < 1.29 is 13.2 Å². The van der Waals surface area contributed by atoms with E-state index >= 15 is 0 Å². The standard InChI is InChI=1S/C9H10F3N3S/c1-15(3-2-9(10,11)12)8-4-6(14)7(5-13)16-8/h4H,2-3,14H2,1H3. The van der Waals surface area contributed by atoms with Crippen molar-refractivity contribution >= 4 is 22.0 Å². The third-order valence-corrected chi connectivity index (χ3v) is 3.13. The summed E-state index contributed by atoms with van der Waals surface area (Å²) >= 11 is 1.09. The van der Waals surface area contributed by atoms with E-state index < -0.39 is 12.6 Å². The second kappa shape index (κ2) is 4.61. The average molecular weight is 249 g/mol. The Balaban J connectivity index is 2.67. The number of rotatable bonds is 3. The van der Waals surface area contributed by atoms with E-state index in [-0.39, 0.29) is 6.54 Å². The van der Waals surface area contributed by atoms with Crippen LogP contribution < -0.4 is 10.6 Å². The van der Waals surface area contributed by atoms with Gasteiger partial charge in [-0.05, 0) is 6.07 Å². The van der Waals surface area contributed by atoms with Crippen molar-refractivity contribution in [1.29, 1.82) is 5.26 Å². The highest BCUT2D eigenvalue weighted by Gasteiger charge is 2.27. The van der Waals surface area contributed by atoms with Crippen LogP contribution in [0.25, 0.3) is 0 Å². The normalized spacial score (nSPS) is 11.2. The summed E-state index contributed by atoms with van der Waals surface area (Å²) in [6, 6.07) is 3.40. The van der Waals surface area contributed by atoms with Gasteiger partial charge in [0.25, 0.3) is 0 Å². The number of hydrogen-bond acceptors (Lipinski definition) is 4. The van der Waals surface area contributed by atoms with E-state index in [1.807, 2.05) is 6.07 Å². The van der Waals surface area contributed by atoms with Crippen LogP contribution in [0.4, 0.5) is 23.9 Å². The van der Waals surface area contributed by atoms with Gasteiger partial charge in [-0.2, -0.15) is 18.4 Å². The lowest BCUT2D eigenvalue weighted by molar-refractivity contribution is -0.132. The molecule has 2 N–H and O–H groups in total. The molecule has 0 aliphatic carbocycles. The molecule has 0 atom stereocenters. The first kappa shape index (κ1) is 12.6. The minimum atomic E-state index is -4.17. The van der Waals surface area contributed by atoms with Crippen LogP contribution >= 0.6 is 11.3 Å². The van der Waals surface area contributed by atoms with Crippen molar-refractivity contribution in [1.82, 2.24) is 0 Å². The Morgan fingerprint density at radius 1 is 1.56 bits per heavy atom. The van der Waals surface area contributed by atoms with E-state index in [9.17, 15) is 13.2 Å². The number of thiophene rings is 1. The van der Waals surface area contributed by atoms with Crippen LogP contribution in [0.2, 0.25) is 0 Å². The minimum absolute atomic E-state index is 0.145. The lowest BCUT2D eigenvalue weighted by Gasteiger charge is -2.17. The lowest BCUT2D eigenvalue weighted by Crippen LogP contribution is -2.23. The van der Waals surface area contributed by atoms with Crippen molar-refractivity contribution in [2.24, 2.45) is 0 Å². The van der Waals surface area contributed by atoms with Crippen LogP contribution in [0.3, 0.4) is 0 Å². The Labute approximate surface area is 94.9 Å². The third-order valence-electron chi connectivity index (χ3n) is 1.96. The van der Waals surface area contributed by atoms with Crippen LogP contribution in [0.15, 0.2) is 6.07 Å². The van der Waals surface area contributed by atoms with E-state index in [0.29, 0.717) is 15.6 Å². The first-order chi connectivity index (χ1) is 7.33. The van der Waals surface area contributed by atoms with Crippen molar-refractivity contribution in [3.8, 4) is 6.07 Å². The van der Waals surface area contributed by atoms with Gasteiger partial charge in [0.05, 0.1) is 17.1 Å². The number of nitrogen functional groups attached to an aromatic ring is 1. The quantitative estimate of drug-likeness (QED) is 0.895. The van der Waals surface area contributed by atoms with Crippen molar-refractivity contribution in [2.45, 2.75) is 12.6 Å². The number of hydrogen-bond donors (Lipinski definition) is 1. The molecule has 0 amide bonds. The molecule has 0 unspecified atom stereocenters. The number of nitriles is 1. The second-order valence-corrected chi connectivity index (χ2v) is 4.30. The predicted octanol–water partition coefficient (Wildman–Crippen LogP) is 2.59. The van der Waals surface area contributed by atoms with E-state index in [1.165, 1.54) is 18.0 Å². The molecule has 0 bridgehead atoms.